The second kappa shape index (κ2) is 9.74. The van der Waals surface area contributed by atoms with Crippen LogP contribution in [0.2, 0.25) is 0 Å². The van der Waals surface area contributed by atoms with E-state index in [1.165, 1.54) is 18.7 Å². The van der Waals surface area contributed by atoms with E-state index in [1.54, 1.807) is 0 Å². The van der Waals surface area contributed by atoms with Crippen molar-refractivity contribution in [1.29, 1.82) is 0 Å². The number of unbranched alkanes of at least 4 members (excludes halogenated alkanes) is 1. The van der Waals surface area contributed by atoms with Crippen LogP contribution in [0.25, 0.3) is 0 Å². The summed E-state index contributed by atoms with van der Waals surface area (Å²) in [7, 11) is 0. The van der Waals surface area contributed by atoms with Crippen LogP contribution in [0.15, 0.2) is 11.3 Å². The summed E-state index contributed by atoms with van der Waals surface area (Å²) in [5.74, 6) is -3.62. The highest BCUT2D eigenvalue weighted by Gasteiger charge is 2.54. The van der Waals surface area contributed by atoms with Crippen LogP contribution >= 0.6 is 11.8 Å². The van der Waals surface area contributed by atoms with Gasteiger partial charge >= 0.3 is 17.9 Å². The molecule has 2 aliphatic heterocycles. The molecule has 0 saturated carbocycles. The number of amides is 2. The van der Waals surface area contributed by atoms with Crippen molar-refractivity contribution < 1.29 is 38.9 Å². The van der Waals surface area contributed by atoms with E-state index in [1.807, 2.05) is 0 Å². The summed E-state index contributed by atoms with van der Waals surface area (Å²) in [5.41, 5.74) is 5.50. The summed E-state index contributed by atoms with van der Waals surface area (Å²) >= 11 is 1.28. The molecule has 160 valence electrons. The molecule has 0 spiro atoms. The fourth-order valence-electron chi connectivity index (χ4n) is 3.00. The Balaban J connectivity index is 1.90. The highest BCUT2D eigenvalue weighted by Crippen LogP contribution is 2.40. The van der Waals surface area contributed by atoms with Crippen molar-refractivity contribution in [2.24, 2.45) is 5.73 Å². The molecule has 12 heteroatoms. The van der Waals surface area contributed by atoms with Crippen LogP contribution in [0.4, 0.5) is 0 Å². The van der Waals surface area contributed by atoms with Gasteiger partial charge in [-0.05, 0) is 12.8 Å². The van der Waals surface area contributed by atoms with Gasteiger partial charge in [-0.1, -0.05) is 6.42 Å². The summed E-state index contributed by atoms with van der Waals surface area (Å²) < 4.78 is 4.86. The first-order valence-electron chi connectivity index (χ1n) is 8.94. The molecule has 0 bridgehead atoms. The molecule has 0 radical (unpaired) electrons. The monoisotopic (exact) mass is 429 g/mol. The van der Waals surface area contributed by atoms with Gasteiger partial charge in [0.15, 0.2) is 0 Å². The molecular weight excluding hydrogens is 406 g/mol. The topological polar surface area (TPSA) is 176 Å². The molecule has 1 fully saturated rings. The molecule has 2 aliphatic rings. The first-order chi connectivity index (χ1) is 13.6. The van der Waals surface area contributed by atoms with E-state index < -0.39 is 41.3 Å². The smallest absolute Gasteiger partial charge is 0.352 e. The average molecular weight is 429 g/mol. The Bertz CT molecular complexity index is 753. The molecule has 1 saturated heterocycles. The average Bonchev–Trinajstić information content (AvgIpc) is 2.66. The van der Waals surface area contributed by atoms with Gasteiger partial charge in [-0.2, -0.15) is 0 Å². The van der Waals surface area contributed by atoms with Crippen LogP contribution in [-0.2, 0) is 28.7 Å². The van der Waals surface area contributed by atoms with E-state index >= 15 is 0 Å². The summed E-state index contributed by atoms with van der Waals surface area (Å²) in [6, 6.07) is -1.81. The largest absolute Gasteiger partial charge is 0.480 e. The van der Waals surface area contributed by atoms with Gasteiger partial charge < -0.3 is 26.0 Å². The van der Waals surface area contributed by atoms with E-state index in [9.17, 15) is 29.1 Å². The third-order valence-electron chi connectivity index (χ3n) is 4.50. The van der Waals surface area contributed by atoms with Crippen LogP contribution in [0.3, 0.4) is 0 Å². The van der Waals surface area contributed by atoms with Crippen LogP contribution in [0.5, 0.6) is 0 Å². The number of rotatable bonds is 10. The van der Waals surface area contributed by atoms with E-state index in [2.05, 4.69) is 5.32 Å². The Morgan fingerprint density at radius 2 is 2.00 bits per heavy atom. The van der Waals surface area contributed by atoms with Crippen molar-refractivity contribution in [1.82, 2.24) is 10.2 Å². The van der Waals surface area contributed by atoms with E-state index in [0.717, 1.165) is 4.90 Å². The molecular formula is C17H23N3O8S. The number of nitrogens with zero attached hydrogens (tertiary/aromatic N) is 1. The molecule has 2 heterocycles. The van der Waals surface area contributed by atoms with Gasteiger partial charge in [-0.3, -0.25) is 24.1 Å². The van der Waals surface area contributed by atoms with Crippen molar-refractivity contribution >= 4 is 41.5 Å². The van der Waals surface area contributed by atoms with Gasteiger partial charge in [0.1, 0.15) is 29.8 Å². The zero-order valence-corrected chi connectivity index (χ0v) is 16.6. The minimum Gasteiger partial charge on any atom is -0.480 e. The number of carboxylic acids is 2. The van der Waals surface area contributed by atoms with Crippen LogP contribution in [0.1, 0.15) is 32.6 Å². The Morgan fingerprint density at radius 1 is 1.31 bits per heavy atom. The Morgan fingerprint density at radius 3 is 2.59 bits per heavy atom. The number of fused-ring (bicyclic) bond motifs is 1. The van der Waals surface area contributed by atoms with Crippen molar-refractivity contribution in [3.63, 3.8) is 0 Å². The van der Waals surface area contributed by atoms with Gasteiger partial charge in [-0.15, -0.1) is 11.8 Å². The standard InChI is InChI=1S/C17H23N3O8S/c1-8(21)28-6-9-7-29-15-12(14(23)20(15)13(9)17(26)27)19-11(22)5-3-2-4-10(18)16(24)25/h10,12,15H,2-7,18H2,1H3,(H,19,22)(H,24,25)(H,26,27). The number of nitrogens with one attached hydrogen (secondary N) is 1. The van der Waals surface area contributed by atoms with Crippen LogP contribution in [0, 0.1) is 0 Å². The number of thioether (sulfide) groups is 1. The molecule has 3 atom stereocenters. The second-order valence-corrected chi connectivity index (χ2v) is 7.79. The first kappa shape index (κ1) is 22.7. The van der Waals surface area contributed by atoms with E-state index in [-0.39, 0.29) is 36.8 Å². The SMILES string of the molecule is CC(=O)OCC1=C(C(=O)O)N2C(=O)C(NC(=O)CCCCC(N)C(=O)O)C2SC1. The zero-order valence-electron chi connectivity index (χ0n) is 15.8. The summed E-state index contributed by atoms with van der Waals surface area (Å²) in [6.07, 6.45) is 1.22. The fourth-order valence-corrected chi connectivity index (χ4v) is 4.33. The Hall–Kier alpha value is -2.60. The lowest BCUT2D eigenvalue weighted by molar-refractivity contribution is -0.151. The number of hydrogen-bond donors (Lipinski definition) is 4. The normalized spacial score (nSPS) is 21.7. The zero-order chi connectivity index (χ0) is 21.7. The summed E-state index contributed by atoms with van der Waals surface area (Å²) in [5, 5.41) is 20.2. The first-order valence-corrected chi connectivity index (χ1v) is 9.99. The lowest BCUT2D eigenvalue weighted by Crippen LogP contribution is -2.70. The van der Waals surface area contributed by atoms with Crippen molar-refractivity contribution in [2.45, 2.75) is 50.1 Å². The molecule has 0 aromatic carbocycles. The number of aliphatic carboxylic acids is 2. The molecule has 0 aliphatic carbocycles. The Labute approximate surface area is 170 Å². The molecule has 29 heavy (non-hydrogen) atoms. The third kappa shape index (κ3) is 5.48. The summed E-state index contributed by atoms with van der Waals surface area (Å²) in [4.78, 5) is 58.8. The number of nitrogens with two attached hydrogens (primary N) is 1. The van der Waals surface area contributed by atoms with Gasteiger partial charge in [0.05, 0.1) is 0 Å². The number of carboxylic acid groups (broad SMARTS) is 2. The number of esters is 1. The molecule has 3 unspecified atom stereocenters. The number of carbonyl (C=O) groups excluding carboxylic acids is 3. The predicted octanol–water partition coefficient (Wildman–Crippen LogP) is -0.740. The number of carbonyl (C=O) groups is 5. The van der Waals surface area contributed by atoms with Gasteiger partial charge in [-0.25, -0.2) is 4.79 Å². The number of hydrogen-bond acceptors (Lipinski definition) is 8. The maximum atomic E-state index is 12.4. The molecule has 2 amide bonds. The number of β-lactam (4-membered cyclic amide) rings is 1. The second-order valence-electron chi connectivity index (χ2n) is 6.68. The minimum absolute atomic E-state index is 0.104. The lowest BCUT2D eigenvalue weighted by atomic mass is 10.0. The molecule has 0 aromatic heterocycles. The highest BCUT2D eigenvalue weighted by atomic mass is 32.2. The maximum absolute atomic E-state index is 12.4. The summed E-state index contributed by atoms with van der Waals surface area (Å²) in [6.45, 7) is 0.992. The molecule has 5 N–H and O–H groups in total. The predicted molar refractivity (Wildman–Crippen MR) is 100 cm³/mol. The maximum Gasteiger partial charge on any atom is 0.352 e. The lowest BCUT2D eigenvalue weighted by Gasteiger charge is -2.49. The fraction of sp³-hybridized carbons (Fsp3) is 0.588. The van der Waals surface area contributed by atoms with Crippen molar-refractivity contribution in [3.8, 4) is 0 Å². The van der Waals surface area contributed by atoms with E-state index in [4.69, 9.17) is 15.6 Å². The quantitative estimate of drug-likeness (QED) is 0.196. The Kier molecular flexibility index (Phi) is 7.62. The van der Waals surface area contributed by atoms with E-state index in [0.29, 0.717) is 18.4 Å². The molecule has 11 nitrogen and oxygen atoms in total. The van der Waals surface area contributed by atoms with Gasteiger partial charge in [0, 0.05) is 24.7 Å². The number of ether oxygens (including phenoxy) is 1. The van der Waals surface area contributed by atoms with Crippen molar-refractivity contribution in [3.05, 3.63) is 11.3 Å². The van der Waals surface area contributed by atoms with Gasteiger partial charge in [0.25, 0.3) is 5.91 Å². The minimum atomic E-state index is -1.30. The van der Waals surface area contributed by atoms with Crippen LogP contribution < -0.4 is 11.1 Å². The third-order valence-corrected chi connectivity index (χ3v) is 5.84. The molecule has 2 rings (SSSR count). The molecule has 0 aromatic rings. The van der Waals surface area contributed by atoms with Crippen molar-refractivity contribution in [2.75, 3.05) is 12.4 Å². The van der Waals surface area contributed by atoms with Crippen LogP contribution in [-0.4, -0.2) is 74.7 Å². The highest BCUT2D eigenvalue weighted by molar-refractivity contribution is 8.00. The van der Waals surface area contributed by atoms with Gasteiger partial charge in [0.2, 0.25) is 5.91 Å².